The number of anilines is 1. The molecule has 144 valence electrons. The number of carbonyl (C=O) groups excluding carboxylic acids is 2. The maximum absolute atomic E-state index is 12.3. The Labute approximate surface area is 170 Å². The lowest BCUT2D eigenvalue weighted by atomic mass is 10.2. The Kier molecular flexibility index (Phi) is 6.05. The Morgan fingerprint density at radius 1 is 1.07 bits per heavy atom. The third kappa shape index (κ3) is 4.74. The van der Waals surface area contributed by atoms with Crippen LogP contribution in [0.2, 0.25) is 0 Å². The molecule has 0 radical (unpaired) electrons. The van der Waals surface area contributed by atoms with Crippen molar-refractivity contribution in [3.63, 3.8) is 0 Å². The van der Waals surface area contributed by atoms with Crippen LogP contribution in [-0.2, 0) is 4.79 Å². The average Bonchev–Trinajstić information content (AvgIpc) is 3.07. The van der Waals surface area contributed by atoms with Gasteiger partial charge in [0.05, 0.1) is 17.9 Å². The molecule has 3 rings (SSSR count). The van der Waals surface area contributed by atoms with Crippen LogP contribution in [0.1, 0.15) is 21.7 Å². The van der Waals surface area contributed by atoms with Crippen LogP contribution in [0.4, 0.5) is 5.69 Å². The fraction of sp³-hybridized carbons (Fsp3) is 0.158. The third-order valence-corrected chi connectivity index (χ3v) is 4.48. The molecule has 28 heavy (non-hydrogen) atoms. The molecule has 9 heteroatoms. The Morgan fingerprint density at radius 2 is 1.82 bits per heavy atom. The predicted octanol–water partition coefficient (Wildman–Crippen LogP) is 2.52. The molecule has 2 aromatic carbocycles. The smallest absolute Gasteiger partial charge is 0.292 e. The molecule has 0 atom stereocenters. The molecule has 8 nitrogen and oxygen atoms in total. The van der Waals surface area contributed by atoms with E-state index in [4.69, 9.17) is 0 Å². The van der Waals surface area contributed by atoms with E-state index in [0.717, 1.165) is 21.4 Å². The van der Waals surface area contributed by atoms with Gasteiger partial charge < -0.3 is 5.32 Å². The van der Waals surface area contributed by atoms with E-state index in [0.29, 0.717) is 5.69 Å². The van der Waals surface area contributed by atoms with Crippen LogP contribution in [-0.4, -0.2) is 33.4 Å². The second-order valence-corrected chi connectivity index (χ2v) is 7.05. The van der Waals surface area contributed by atoms with Crippen molar-refractivity contribution in [2.24, 2.45) is 0 Å². The first kappa shape index (κ1) is 19.6. The van der Waals surface area contributed by atoms with E-state index in [1.54, 1.807) is 11.6 Å². The van der Waals surface area contributed by atoms with Crippen LogP contribution >= 0.6 is 15.9 Å². The number of benzene rings is 2. The van der Waals surface area contributed by atoms with Gasteiger partial charge in [-0.1, -0.05) is 44.9 Å². The SMILES string of the molecule is Cc1ccc(NCC(=O)NNC(=O)c2nnn(-c3cccc(Br)c3)c2C)cc1. The first-order chi connectivity index (χ1) is 13.4. The topological polar surface area (TPSA) is 101 Å². The molecule has 0 spiro atoms. The van der Waals surface area contributed by atoms with E-state index in [9.17, 15) is 9.59 Å². The van der Waals surface area contributed by atoms with Gasteiger partial charge in [0.2, 0.25) is 0 Å². The summed E-state index contributed by atoms with van der Waals surface area (Å²) in [5.41, 5.74) is 8.13. The molecule has 1 heterocycles. The van der Waals surface area contributed by atoms with Gasteiger partial charge in [-0.25, -0.2) is 4.68 Å². The zero-order valence-corrected chi connectivity index (χ0v) is 16.9. The second kappa shape index (κ2) is 8.66. The number of nitrogens with one attached hydrogen (secondary N) is 3. The second-order valence-electron chi connectivity index (χ2n) is 6.14. The van der Waals surface area contributed by atoms with Gasteiger partial charge >= 0.3 is 0 Å². The number of aromatic nitrogens is 3. The number of hydrogen-bond acceptors (Lipinski definition) is 5. The summed E-state index contributed by atoms with van der Waals surface area (Å²) in [6.45, 7) is 3.74. The molecular weight excluding hydrogens is 424 g/mol. The van der Waals surface area contributed by atoms with Gasteiger partial charge in [-0.3, -0.25) is 20.4 Å². The van der Waals surface area contributed by atoms with Crippen molar-refractivity contribution in [3.8, 4) is 5.69 Å². The normalized spacial score (nSPS) is 10.4. The van der Waals surface area contributed by atoms with E-state index in [1.807, 2.05) is 55.5 Å². The van der Waals surface area contributed by atoms with Crippen molar-refractivity contribution in [1.29, 1.82) is 0 Å². The Morgan fingerprint density at radius 3 is 2.54 bits per heavy atom. The molecule has 0 saturated heterocycles. The van der Waals surface area contributed by atoms with Crippen LogP contribution in [0.5, 0.6) is 0 Å². The summed E-state index contributed by atoms with van der Waals surface area (Å²) in [5, 5.41) is 10.9. The minimum atomic E-state index is -0.539. The van der Waals surface area contributed by atoms with Gasteiger partial charge in [0, 0.05) is 10.2 Å². The molecular formula is C19H19BrN6O2. The number of carbonyl (C=O) groups is 2. The Balaban J connectivity index is 1.56. The highest BCUT2D eigenvalue weighted by molar-refractivity contribution is 9.10. The summed E-state index contributed by atoms with van der Waals surface area (Å²) < 4.78 is 2.44. The number of halogens is 1. The molecule has 0 saturated carbocycles. The van der Waals surface area contributed by atoms with E-state index in [1.165, 1.54) is 0 Å². The summed E-state index contributed by atoms with van der Waals surface area (Å²) in [6.07, 6.45) is 0. The van der Waals surface area contributed by atoms with Gasteiger partial charge in [0.1, 0.15) is 0 Å². The van der Waals surface area contributed by atoms with Crippen molar-refractivity contribution >= 4 is 33.4 Å². The average molecular weight is 443 g/mol. The molecule has 0 fully saturated rings. The lowest BCUT2D eigenvalue weighted by Crippen LogP contribution is -2.44. The van der Waals surface area contributed by atoms with Crippen molar-refractivity contribution in [2.75, 3.05) is 11.9 Å². The minimum absolute atomic E-state index is 0.0209. The Hall–Kier alpha value is -3.20. The minimum Gasteiger partial charge on any atom is -0.376 e. The summed E-state index contributed by atoms with van der Waals surface area (Å²) in [5.74, 6) is -0.923. The molecule has 0 aliphatic heterocycles. The molecule has 0 bridgehead atoms. The lowest BCUT2D eigenvalue weighted by Gasteiger charge is -2.09. The number of nitrogens with zero attached hydrogens (tertiary/aromatic N) is 3. The molecule has 0 unspecified atom stereocenters. The van der Waals surface area contributed by atoms with Gasteiger partial charge in [0.15, 0.2) is 5.69 Å². The van der Waals surface area contributed by atoms with Crippen molar-refractivity contribution < 1.29 is 9.59 Å². The highest BCUT2D eigenvalue weighted by atomic mass is 79.9. The zero-order valence-electron chi connectivity index (χ0n) is 15.4. The maximum Gasteiger partial charge on any atom is 0.292 e. The van der Waals surface area contributed by atoms with Crippen LogP contribution in [0, 0.1) is 13.8 Å². The predicted molar refractivity (Wildman–Crippen MR) is 109 cm³/mol. The fourth-order valence-corrected chi connectivity index (χ4v) is 2.86. The summed E-state index contributed by atoms with van der Waals surface area (Å²) in [7, 11) is 0. The van der Waals surface area contributed by atoms with Gasteiger partial charge in [-0.15, -0.1) is 5.10 Å². The Bertz CT molecular complexity index is 1000. The van der Waals surface area contributed by atoms with Crippen LogP contribution in [0.25, 0.3) is 5.69 Å². The molecule has 1 aromatic heterocycles. The maximum atomic E-state index is 12.3. The quantitative estimate of drug-likeness (QED) is 0.527. The van der Waals surface area contributed by atoms with E-state index in [2.05, 4.69) is 42.4 Å². The number of amides is 2. The van der Waals surface area contributed by atoms with E-state index < -0.39 is 5.91 Å². The van der Waals surface area contributed by atoms with Gasteiger partial charge in [0.25, 0.3) is 11.8 Å². The van der Waals surface area contributed by atoms with Crippen molar-refractivity contribution in [3.05, 3.63) is 70.0 Å². The number of aryl methyl sites for hydroxylation is 1. The number of hydrazine groups is 1. The molecule has 3 N–H and O–H groups in total. The van der Waals surface area contributed by atoms with Crippen LogP contribution < -0.4 is 16.2 Å². The monoisotopic (exact) mass is 442 g/mol. The molecule has 0 aliphatic rings. The third-order valence-electron chi connectivity index (χ3n) is 3.98. The molecule has 2 amide bonds. The molecule has 0 aliphatic carbocycles. The lowest BCUT2D eigenvalue weighted by molar-refractivity contribution is -0.120. The first-order valence-corrected chi connectivity index (χ1v) is 9.31. The summed E-state index contributed by atoms with van der Waals surface area (Å²) in [4.78, 5) is 24.3. The highest BCUT2D eigenvalue weighted by Gasteiger charge is 2.18. The zero-order chi connectivity index (χ0) is 20.1. The standard InChI is InChI=1S/C19H19BrN6O2/c1-12-6-8-15(9-7-12)21-11-17(27)22-24-19(28)18-13(2)26(25-23-18)16-5-3-4-14(20)10-16/h3-10,21H,11H2,1-2H3,(H,22,27)(H,24,28). The summed E-state index contributed by atoms with van der Waals surface area (Å²) in [6, 6.07) is 15.1. The molecule has 3 aromatic rings. The largest absolute Gasteiger partial charge is 0.376 e. The first-order valence-electron chi connectivity index (χ1n) is 8.52. The van der Waals surface area contributed by atoms with Crippen molar-refractivity contribution in [2.45, 2.75) is 13.8 Å². The highest BCUT2D eigenvalue weighted by Crippen LogP contribution is 2.17. The van der Waals surface area contributed by atoms with Gasteiger partial charge in [-0.05, 0) is 44.2 Å². The van der Waals surface area contributed by atoms with Crippen LogP contribution in [0.15, 0.2) is 53.0 Å². The van der Waals surface area contributed by atoms with Crippen molar-refractivity contribution in [1.82, 2.24) is 25.8 Å². The number of hydrogen-bond donors (Lipinski definition) is 3. The van der Waals surface area contributed by atoms with E-state index in [-0.39, 0.29) is 18.1 Å². The van der Waals surface area contributed by atoms with E-state index >= 15 is 0 Å². The van der Waals surface area contributed by atoms with Crippen LogP contribution in [0.3, 0.4) is 0 Å². The van der Waals surface area contributed by atoms with Gasteiger partial charge in [-0.2, -0.15) is 0 Å². The summed E-state index contributed by atoms with van der Waals surface area (Å²) >= 11 is 3.40. The number of rotatable bonds is 5. The fourth-order valence-electron chi connectivity index (χ4n) is 2.48.